The lowest BCUT2D eigenvalue weighted by molar-refractivity contribution is -0.148. The second kappa shape index (κ2) is 5.80. The number of esters is 1. The van der Waals surface area contributed by atoms with Crippen molar-refractivity contribution in [2.75, 3.05) is 13.2 Å². The van der Waals surface area contributed by atoms with Gasteiger partial charge >= 0.3 is 5.97 Å². The van der Waals surface area contributed by atoms with Gasteiger partial charge in [-0.15, -0.1) is 11.3 Å². The lowest BCUT2D eigenvalue weighted by Gasteiger charge is -2.03. The molecule has 0 fully saturated rings. The Kier molecular flexibility index (Phi) is 4.12. The van der Waals surface area contributed by atoms with Crippen LogP contribution >= 0.6 is 11.3 Å². The van der Waals surface area contributed by atoms with Crippen LogP contribution in [0.1, 0.15) is 12.5 Å². The molecule has 0 saturated heterocycles. The van der Waals surface area contributed by atoms with Crippen molar-refractivity contribution in [3.63, 3.8) is 0 Å². The standard InChI is InChI=1S/C13H14O3S/c1-2-16-13(14)8-15-7-10-9-17-12-6-4-3-5-11(10)12/h3-6,9H,2,7-8H2,1H3. The van der Waals surface area contributed by atoms with Crippen LogP contribution < -0.4 is 0 Å². The highest BCUT2D eigenvalue weighted by atomic mass is 32.1. The molecule has 0 aliphatic carbocycles. The van der Waals surface area contributed by atoms with Gasteiger partial charge in [0.05, 0.1) is 13.2 Å². The Labute approximate surface area is 104 Å². The highest BCUT2D eigenvalue weighted by Gasteiger charge is 2.05. The van der Waals surface area contributed by atoms with Crippen molar-refractivity contribution in [2.45, 2.75) is 13.5 Å². The molecule has 0 aliphatic rings. The Morgan fingerprint density at radius 1 is 1.35 bits per heavy atom. The van der Waals surface area contributed by atoms with Gasteiger partial charge in [0.1, 0.15) is 6.61 Å². The minimum Gasteiger partial charge on any atom is -0.464 e. The molecule has 1 aromatic heterocycles. The maximum absolute atomic E-state index is 11.1. The molecular weight excluding hydrogens is 236 g/mol. The van der Waals surface area contributed by atoms with E-state index in [2.05, 4.69) is 17.5 Å². The normalized spacial score (nSPS) is 10.6. The Hall–Kier alpha value is -1.39. The van der Waals surface area contributed by atoms with E-state index in [9.17, 15) is 4.79 Å². The molecule has 3 nitrogen and oxygen atoms in total. The minimum atomic E-state index is -0.313. The molecule has 0 amide bonds. The molecular formula is C13H14O3S. The summed E-state index contributed by atoms with van der Waals surface area (Å²) in [7, 11) is 0. The summed E-state index contributed by atoms with van der Waals surface area (Å²) in [6.45, 7) is 2.63. The van der Waals surface area contributed by atoms with E-state index in [1.54, 1.807) is 18.3 Å². The van der Waals surface area contributed by atoms with E-state index >= 15 is 0 Å². The number of carbonyl (C=O) groups excluding carboxylic acids is 1. The molecule has 4 heteroatoms. The fourth-order valence-electron chi connectivity index (χ4n) is 1.59. The summed E-state index contributed by atoms with van der Waals surface area (Å²) in [6, 6.07) is 8.16. The number of rotatable bonds is 5. The lowest BCUT2D eigenvalue weighted by atomic mass is 10.2. The molecule has 0 radical (unpaired) electrons. The van der Waals surface area contributed by atoms with Crippen LogP contribution in [0.4, 0.5) is 0 Å². The van der Waals surface area contributed by atoms with Gasteiger partial charge in [-0.05, 0) is 29.3 Å². The molecule has 2 rings (SSSR count). The van der Waals surface area contributed by atoms with Crippen molar-refractivity contribution >= 4 is 27.4 Å². The molecule has 0 unspecified atom stereocenters. The van der Waals surface area contributed by atoms with Gasteiger partial charge < -0.3 is 9.47 Å². The first kappa shape index (κ1) is 12.1. The largest absolute Gasteiger partial charge is 0.464 e. The second-order valence-electron chi connectivity index (χ2n) is 3.55. The van der Waals surface area contributed by atoms with Crippen LogP contribution in [0.25, 0.3) is 10.1 Å². The molecule has 2 aromatic rings. The SMILES string of the molecule is CCOC(=O)COCc1csc2ccccc12. The number of hydrogen-bond donors (Lipinski definition) is 0. The zero-order chi connectivity index (χ0) is 12.1. The third-order valence-electron chi connectivity index (χ3n) is 2.34. The Balaban J connectivity index is 1.93. The maximum Gasteiger partial charge on any atom is 0.332 e. The van der Waals surface area contributed by atoms with Crippen LogP contribution in [0.15, 0.2) is 29.6 Å². The topological polar surface area (TPSA) is 35.5 Å². The number of benzene rings is 1. The van der Waals surface area contributed by atoms with Gasteiger partial charge in [-0.25, -0.2) is 4.79 Å². The third kappa shape index (κ3) is 3.05. The predicted molar refractivity (Wildman–Crippen MR) is 68.1 cm³/mol. The summed E-state index contributed by atoms with van der Waals surface area (Å²) in [6.07, 6.45) is 0. The lowest BCUT2D eigenvalue weighted by Crippen LogP contribution is -2.12. The fourth-order valence-corrected chi connectivity index (χ4v) is 2.54. The molecule has 0 saturated carbocycles. The molecule has 17 heavy (non-hydrogen) atoms. The van der Waals surface area contributed by atoms with Crippen molar-refractivity contribution in [1.82, 2.24) is 0 Å². The molecule has 1 aromatic carbocycles. The van der Waals surface area contributed by atoms with Crippen LogP contribution in [0, 0.1) is 0 Å². The number of carbonyl (C=O) groups is 1. The van der Waals surface area contributed by atoms with Crippen molar-refractivity contribution in [1.29, 1.82) is 0 Å². The van der Waals surface area contributed by atoms with E-state index < -0.39 is 0 Å². The summed E-state index contributed by atoms with van der Waals surface area (Å²) < 4.78 is 11.4. The Morgan fingerprint density at radius 3 is 3.00 bits per heavy atom. The monoisotopic (exact) mass is 250 g/mol. The number of thiophene rings is 1. The quantitative estimate of drug-likeness (QED) is 0.765. The first-order valence-electron chi connectivity index (χ1n) is 5.49. The number of ether oxygens (including phenoxy) is 2. The van der Waals surface area contributed by atoms with Crippen LogP contribution in [0.5, 0.6) is 0 Å². The van der Waals surface area contributed by atoms with Gasteiger partial charge in [0.15, 0.2) is 0 Å². The number of hydrogen-bond acceptors (Lipinski definition) is 4. The molecule has 0 atom stereocenters. The van der Waals surface area contributed by atoms with Crippen molar-refractivity contribution in [3.05, 3.63) is 35.2 Å². The van der Waals surface area contributed by atoms with E-state index in [0.29, 0.717) is 13.2 Å². The first-order valence-corrected chi connectivity index (χ1v) is 6.37. The van der Waals surface area contributed by atoms with E-state index in [1.807, 2.05) is 12.1 Å². The van der Waals surface area contributed by atoms with Crippen LogP contribution in [-0.4, -0.2) is 19.2 Å². The van der Waals surface area contributed by atoms with Gasteiger partial charge in [-0.2, -0.15) is 0 Å². The Bertz CT molecular complexity index is 504. The van der Waals surface area contributed by atoms with Crippen LogP contribution in [0.2, 0.25) is 0 Å². The number of fused-ring (bicyclic) bond motifs is 1. The van der Waals surface area contributed by atoms with Crippen molar-refractivity contribution < 1.29 is 14.3 Å². The highest BCUT2D eigenvalue weighted by molar-refractivity contribution is 7.17. The summed E-state index contributed by atoms with van der Waals surface area (Å²) in [4.78, 5) is 11.1. The van der Waals surface area contributed by atoms with Crippen molar-refractivity contribution in [2.24, 2.45) is 0 Å². The molecule has 1 heterocycles. The maximum atomic E-state index is 11.1. The van der Waals surface area contributed by atoms with Gasteiger partial charge in [-0.1, -0.05) is 18.2 Å². The summed E-state index contributed by atoms with van der Waals surface area (Å²) in [5.74, 6) is -0.313. The molecule has 0 spiro atoms. The van der Waals surface area contributed by atoms with E-state index in [1.165, 1.54) is 10.1 Å². The molecule has 0 bridgehead atoms. The second-order valence-corrected chi connectivity index (χ2v) is 4.47. The van der Waals surface area contributed by atoms with Crippen molar-refractivity contribution in [3.8, 4) is 0 Å². The molecule has 0 aliphatic heterocycles. The first-order chi connectivity index (χ1) is 8.31. The summed E-state index contributed by atoms with van der Waals surface area (Å²) in [5.41, 5.74) is 1.12. The van der Waals surface area contributed by atoms with Gasteiger partial charge in [0.25, 0.3) is 0 Å². The van der Waals surface area contributed by atoms with Gasteiger partial charge in [-0.3, -0.25) is 0 Å². The third-order valence-corrected chi connectivity index (χ3v) is 3.36. The van der Waals surface area contributed by atoms with E-state index in [-0.39, 0.29) is 12.6 Å². The van der Waals surface area contributed by atoms with Gasteiger partial charge in [0, 0.05) is 4.70 Å². The zero-order valence-electron chi connectivity index (χ0n) is 9.64. The average molecular weight is 250 g/mol. The van der Waals surface area contributed by atoms with Gasteiger partial charge in [0.2, 0.25) is 0 Å². The predicted octanol–water partition coefficient (Wildman–Crippen LogP) is 2.98. The minimum absolute atomic E-state index is 0.0119. The summed E-state index contributed by atoms with van der Waals surface area (Å²) in [5, 5.41) is 3.26. The van der Waals surface area contributed by atoms with E-state index in [0.717, 1.165) is 5.56 Å². The zero-order valence-corrected chi connectivity index (χ0v) is 10.5. The van der Waals surface area contributed by atoms with Crippen LogP contribution in [0.3, 0.4) is 0 Å². The fraction of sp³-hybridized carbons (Fsp3) is 0.308. The smallest absolute Gasteiger partial charge is 0.332 e. The van der Waals surface area contributed by atoms with E-state index in [4.69, 9.17) is 9.47 Å². The average Bonchev–Trinajstić information content (AvgIpc) is 2.73. The highest BCUT2D eigenvalue weighted by Crippen LogP contribution is 2.25. The summed E-state index contributed by atoms with van der Waals surface area (Å²) >= 11 is 1.69. The molecule has 0 N–H and O–H groups in total. The van der Waals surface area contributed by atoms with Crippen LogP contribution in [-0.2, 0) is 20.9 Å². The Morgan fingerprint density at radius 2 is 2.18 bits per heavy atom. The molecule has 90 valence electrons.